The Hall–Kier alpha value is -1.92. The maximum Gasteiger partial charge on any atom is 0.290 e. The van der Waals surface area contributed by atoms with Crippen LogP contribution in [0.15, 0.2) is 29.4 Å². The molecule has 2 rings (SSSR count). The number of hydroxylamine groups is 3. The van der Waals surface area contributed by atoms with Gasteiger partial charge in [-0.25, -0.2) is 0 Å². The van der Waals surface area contributed by atoms with E-state index < -0.39 is 11.2 Å². The third-order valence-electron chi connectivity index (χ3n) is 4.28. The smallest absolute Gasteiger partial charge is 0.290 e. The van der Waals surface area contributed by atoms with E-state index in [2.05, 4.69) is 5.16 Å². The molecule has 0 aliphatic carbocycles. The Morgan fingerprint density at radius 1 is 1.24 bits per heavy atom. The molecule has 0 fully saturated rings. The standard InChI is InChI=1S/C15H21N3O3/c1-10-6-8-12(9-7-10)13-14(3,4)18(21)15(5,17(13)20)11(2)16-19/h6-9,19,21H,1-5H3/b16-11+. The first kappa shape index (κ1) is 15.5. The van der Waals surface area contributed by atoms with Gasteiger partial charge >= 0.3 is 0 Å². The molecule has 0 amide bonds. The first-order chi connectivity index (χ1) is 9.67. The minimum Gasteiger partial charge on any atom is -0.622 e. The van der Waals surface area contributed by atoms with E-state index in [9.17, 15) is 10.4 Å². The van der Waals surface area contributed by atoms with Crippen molar-refractivity contribution in [2.45, 2.75) is 45.8 Å². The highest BCUT2D eigenvalue weighted by Gasteiger charge is 2.61. The van der Waals surface area contributed by atoms with Gasteiger partial charge in [0.1, 0.15) is 11.3 Å². The van der Waals surface area contributed by atoms with Crippen LogP contribution in [0.3, 0.4) is 0 Å². The molecule has 0 bridgehead atoms. The Labute approximate surface area is 124 Å². The first-order valence-electron chi connectivity index (χ1n) is 6.77. The molecular weight excluding hydrogens is 270 g/mol. The summed E-state index contributed by atoms with van der Waals surface area (Å²) in [6.45, 7) is 8.50. The zero-order chi connectivity index (χ0) is 16.0. The molecule has 6 nitrogen and oxygen atoms in total. The average molecular weight is 291 g/mol. The molecular formula is C15H21N3O3. The number of aryl methyl sites for hydroxylation is 1. The van der Waals surface area contributed by atoms with Crippen LogP contribution in [0, 0.1) is 12.1 Å². The molecule has 114 valence electrons. The van der Waals surface area contributed by atoms with Crippen molar-refractivity contribution < 1.29 is 15.2 Å². The van der Waals surface area contributed by atoms with Gasteiger partial charge in [-0.15, -0.1) is 5.06 Å². The van der Waals surface area contributed by atoms with Crippen molar-refractivity contribution in [3.05, 3.63) is 40.6 Å². The fourth-order valence-corrected chi connectivity index (χ4v) is 2.77. The maximum absolute atomic E-state index is 12.8. The Morgan fingerprint density at radius 3 is 2.24 bits per heavy atom. The van der Waals surface area contributed by atoms with Crippen molar-refractivity contribution in [3.63, 3.8) is 0 Å². The lowest BCUT2D eigenvalue weighted by Gasteiger charge is -2.32. The molecule has 1 aromatic rings. The number of nitrogens with zero attached hydrogens (tertiary/aromatic N) is 3. The number of benzene rings is 1. The van der Waals surface area contributed by atoms with Crippen LogP contribution in [-0.4, -0.2) is 42.8 Å². The Kier molecular flexibility index (Phi) is 3.55. The topological polar surface area (TPSA) is 82.1 Å². The molecule has 1 aliphatic heterocycles. The number of rotatable bonds is 2. The van der Waals surface area contributed by atoms with Gasteiger partial charge in [-0.2, -0.15) is 4.74 Å². The second-order valence-electron chi connectivity index (χ2n) is 6.09. The van der Waals surface area contributed by atoms with E-state index in [1.54, 1.807) is 13.8 Å². The van der Waals surface area contributed by atoms with Crippen molar-refractivity contribution in [2.75, 3.05) is 0 Å². The highest BCUT2D eigenvalue weighted by Crippen LogP contribution is 2.36. The normalized spacial score (nSPS) is 26.5. The molecule has 0 saturated carbocycles. The molecule has 6 heteroatoms. The SMILES string of the molecule is C/C(=N\O)C1(C)N(O)C(C)(C)C(c2ccc(C)cc2)=[N+]1[O-]. The van der Waals surface area contributed by atoms with Crippen LogP contribution in [-0.2, 0) is 0 Å². The van der Waals surface area contributed by atoms with Crippen LogP contribution in [0.4, 0.5) is 0 Å². The Balaban J connectivity index is 2.70. The summed E-state index contributed by atoms with van der Waals surface area (Å²) >= 11 is 0. The van der Waals surface area contributed by atoms with E-state index in [-0.39, 0.29) is 5.71 Å². The Bertz CT molecular complexity index is 620. The molecule has 1 unspecified atom stereocenters. The minimum absolute atomic E-state index is 0.121. The number of hydrogen-bond donors (Lipinski definition) is 2. The third-order valence-corrected chi connectivity index (χ3v) is 4.28. The summed E-state index contributed by atoms with van der Waals surface area (Å²) in [4.78, 5) is 0. The average Bonchev–Trinajstić information content (AvgIpc) is 2.58. The Morgan fingerprint density at radius 2 is 1.76 bits per heavy atom. The van der Waals surface area contributed by atoms with Gasteiger partial charge in [0.05, 0.1) is 0 Å². The monoisotopic (exact) mass is 291 g/mol. The second kappa shape index (κ2) is 4.82. The lowest BCUT2D eigenvalue weighted by molar-refractivity contribution is -0.560. The first-order valence-corrected chi connectivity index (χ1v) is 6.77. The summed E-state index contributed by atoms with van der Waals surface area (Å²) in [5, 5.41) is 36.4. The predicted octanol–water partition coefficient (Wildman–Crippen LogP) is 2.34. The van der Waals surface area contributed by atoms with Crippen molar-refractivity contribution in [1.82, 2.24) is 5.06 Å². The molecule has 0 aromatic heterocycles. The summed E-state index contributed by atoms with van der Waals surface area (Å²) in [5.74, 6) is 0. The molecule has 0 radical (unpaired) electrons. The highest BCUT2D eigenvalue weighted by atomic mass is 16.6. The van der Waals surface area contributed by atoms with E-state index in [0.29, 0.717) is 10.5 Å². The summed E-state index contributed by atoms with van der Waals surface area (Å²) in [5.41, 5.74) is 0.0000237. The molecule has 1 aromatic carbocycles. The molecule has 1 heterocycles. The summed E-state index contributed by atoms with van der Waals surface area (Å²) in [7, 11) is 0. The molecule has 1 atom stereocenters. The largest absolute Gasteiger partial charge is 0.622 e. The van der Waals surface area contributed by atoms with E-state index in [0.717, 1.165) is 16.2 Å². The van der Waals surface area contributed by atoms with E-state index in [1.165, 1.54) is 13.8 Å². The van der Waals surface area contributed by atoms with Gasteiger partial charge in [0.2, 0.25) is 5.71 Å². The molecule has 2 N–H and O–H groups in total. The summed E-state index contributed by atoms with van der Waals surface area (Å²) in [6, 6.07) is 7.53. The van der Waals surface area contributed by atoms with Gasteiger partial charge in [-0.05, 0) is 39.8 Å². The van der Waals surface area contributed by atoms with Gasteiger partial charge in [0.15, 0.2) is 0 Å². The predicted molar refractivity (Wildman–Crippen MR) is 79.9 cm³/mol. The molecule has 0 spiro atoms. The van der Waals surface area contributed by atoms with E-state index in [4.69, 9.17) is 5.21 Å². The van der Waals surface area contributed by atoms with Crippen molar-refractivity contribution in [3.8, 4) is 0 Å². The maximum atomic E-state index is 12.8. The van der Waals surface area contributed by atoms with Crippen LogP contribution in [0.5, 0.6) is 0 Å². The quantitative estimate of drug-likeness (QED) is 0.288. The summed E-state index contributed by atoms with van der Waals surface area (Å²) < 4.78 is 0.715. The molecule has 21 heavy (non-hydrogen) atoms. The van der Waals surface area contributed by atoms with Crippen LogP contribution in [0.2, 0.25) is 0 Å². The van der Waals surface area contributed by atoms with Gasteiger partial charge in [-0.3, -0.25) is 0 Å². The third kappa shape index (κ3) is 2.02. The lowest BCUT2D eigenvalue weighted by atomic mass is 9.92. The zero-order valence-electron chi connectivity index (χ0n) is 13.0. The molecule has 1 aliphatic rings. The minimum atomic E-state index is -1.45. The lowest BCUT2D eigenvalue weighted by Crippen LogP contribution is -2.57. The van der Waals surface area contributed by atoms with Crippen molar-refractivity contribution >= 4 is 11.4 Å². The van der Waals surface area contributed by atoms with Gasteiger partial charge < -0.3 is 15.6 Å². The number of hydrogen-bond acceptors (Lipinski definition) is 5. The second-order valence-corrected chi connectivity index (χ2v) is 6.09. The van der Waals surface area contributed by atoms with Gasteiger partial charge in [0, 0.05) is 12.5 Å². The molecule has 0 saturated heterocycles. The van der Waals surface area contributed by atoms with Crippen molar-refractivity contribution in [1.29, 1.82) is 0 Å². The van der Waals surface area contributed by atoms with Gasteiger partial charge in [-0.1, -0.05) is 22.9 Å². The van der Waals surface area contributed by atoms with Crippen molar-refractivity contribution in [2.24, 2.45) is 5.16 Å². The van der Waals surface area contributed by atoms with E-state index >= 15 is 0 Å². The van der Waals surface area contributed by atoms with Crippen LogP contribution in [0.25, 0.3) is 0 Å². The summed E-state index contributed by atoms with van der Waals surface area (Å²) in [6.07, 6.45) is 0. The highest BCUT2D eigenvalue weighted by molar-refractivity contribution is 6.06. The fourth-order valence-electron chi connectivity index (χ4n) is 2.77. The van der Waals surface area contributed by atoms with Crippen LogP contribution < -0.4 is 0 Å². The van der Waals surface area contributed by atoms with Crippen LogP contribution >= 0.6 is 0 Å². The number of oxime groups is 1. The van der Waals surface area contributed by atoms with Crippen LogP contribution in [0.1, 0.15) is 38.8 Å². The zero-order valence-corrected chi connectivity index (χ0v) is 13.0. The fraction of sp³-hybridized carbons (Fsp3) is 0.467. The van der Waals surface area contributed by atoms with E-state index in [1.807, 2.05) is 31.2 Å². The van der Waals surface area contributed by atoms with Gasteiger partial charge in [0.25, 0.3) is 5.66 Å².